The minimum atomic E-state index is -0.434. The van der Waals surface area contributed by atoms with E-state index < -0.39 is 5.54 Å². The van der Waals surface area contributed by atoms with Crippen LogP contribution in [0.2, 0.25) is 10.0 Å². The fourth-order valence-electron chi connectivity index (χ4n) is 4.12. The Balaban J connectivity index is 1.40. The van der Waals surface area contributed by atoms with Crippen molar-refractivity contribution in [3.63, 3.8) is 0 Å². The molecular weight excluding hydrogens is 465 g/mol. The van der Waals surface area contributed by atoms with E-state index in [-0.39, 0.29) is 35.9 Å². The number of halogens is 2. The highest BCUT2D eigenvalue weighted by Crippen LogP contribution is 2.37. The summed E-state index contributed by atoms with van der Waals surface area (Å²) in [6, 6.07) is 10.8. The van der Waals surface area contributed by atoms with Crippen LogP contribution in [0.1, 0.15) is 35.3 Å². The average molecular weight is 484 g/mol. The van der Waals surface area contributed by atoms with E-state index in [4.69, 9.17) is 27.9 Å². The second-order valence-corrected chi connectivity index (χ2v) is 9.15. The van der Waals surface area contributed by atoms with Gasteiger partial charge in [-0.05, 0) is 49.2 Å². The van der Waals surface area contributed by atoms with Crippen molar-refractivity contribution in [3.05, 3.63) is 69.3 Å². The summed E-state index contributed by atoms with van der Waals surface area (Å²) in [6.45, 7) is 3.85. The number of fused-ring (bicyclic) bond motifs is 2. The number of amides is 2. The summed E-state index contributed by atoms with van der Waals surface area (Å²) in [5.74, 6) is 0.0465. The fourth-order valence-corrected chi connectivity index (χ4v) is 4.72. The van der Waals surface area contributed by atoms with Crippen LogP contribution >= 0.6 is 23.2 Å². The van der Waals surface area contributed by atoms with Gasteiger partial charge in [0.2, 0.25) is 17.7 Å². The Morgan fingerprint density at radius 1 is 1.15 bits per heavy atom. The van der Waals surface area contributed by atoms with E-state index in [1.54, 1.807) is 18.2 Å². The molecule has 168 valence electrons. The van der Waals surface area contributed by atoms with Gasteiger partial charge in [0.05, 0.1) is 27.7 Å². The van der Waals surface area contributed by atoms with Gasteiger partial charge in [-0.2, -0.15) is 4.98 Å². The lowest BCUT2D eigenvalue weighted by atomic mass is 9.85. The molecule has 0 aliphatic carbocycles. The highest BCUT2D eigenvalue weighted by molar-refractivity contribution is 6.40. The van der Waals surface area contributed by atoms with Gasteiger partial charge < -0.3 is 15.4 Å². The van der Waals surface area contributed by atoms with Crippen molar-refractivity contribution in [2.45, 2.75) is 25.8 Å². The molecule has 0 spiro atoms. The molecule has 2 aromatic carbocycles. The van der Waals surface area contributed by atoms with Crippen LogP contribution in [-0.2, 0) is 16.8 Å². The van der Waals surface area contributed by atoms with E-state index in [0.717, 1.165) is 16.8 Å². The summed E-state index contributed by atoms with van der Waals surface area (Å²) in [4.78, 5) is 35.1. The molecule has 2 aliphatic heterocycles. The summed E-state index contributed by atoms with van der Waals surface area (Å²) in [6.07, 6.45) is 1.70. The first kappa shape index (κ1) is 21.5. The van der Waals surface area contributed by atoms with Crippen molar-refractivity contribution in [2.24, 2.45) is 0 Å². The lowest BCUT2D eigenvalue weighted by Gasteiger charge is -2.33. The van der Waals surface area contributed by atoms with Crippen LogP contribution in [0.5, 0.6) is 5.88 Å². The number of nitrogens with zero attached hydrogens (tertiary/aromatic N) is 3. The number of rotatable bonds is 3. The van der Waals surface area contributed by atoms with Crippen LogP contribution in [0.25, 0.3) is 0 Å². The zero-order valence-electron chi connectivity index (χ0n) is 17.8. The molecule has 0 saturated heterocycles. The molecule has 10 heteroatoms. The SMILES string of the molecule is CC1(C)NC(=O)Cc2cc(Nc3ncc4c(n3)OCN(c3c(Cl)cccc3Cl)C4=O)ccc21. The highest BCUT2D eigenvalue weighted by atomic mass is 35.5. The zero-order valence-corrected chi connectivity index (χ0v) is 19.3. The number of hydrogen-bond acceptors (Lipinski definition) is 6. The maximum absolute atomic E-state index is 13.0. The van der Waals surface area contributed by atoms with Crippen molar-refractivity contribution in [2.75, 3.05) is 16.9 Å². The van der Waals surface area contributed by atoms with Gasteiger partial charge in [0.25, 0.3) is 5.91 Å². The van der Waals surface area contributed by atoms with E-state index in [2.05, 4.69) is 20.6 Å². The van der Waals surface area contributed by atoms with Crippen LogP contribution in [0.15, 0.2) is 42.6 Å². The first-order chi connectivity index (χ1) is 15.7. The summed E-state index contributed by atoms with van der Waals surface area (Å²) >= 11 is 12.5. The van der Waals surface area contributed by atoms with Gasteiger partial charge in [0.1, 0.15) is 5.56 Å². The Morgan fingerprint density at radius 2 is 1.91 bits per heavy atom. The Morgan fingerprint density at radius 3 is 2.67 bits per heavy atom. The minimum absolute atomic E-state index is 0.0234. The Hall–Kier alpha value is -3.36. The van der Waals surface area contributed by atoms with Crippen molar-refractivity contribution < 1.29 is 14.3 Å². The molecule has 0 unspecified atom stereocenters. The standard InChI is InChI=1S/C23H19Cl2N5O3/c1-23(2)15-7-6-13(8-12(15)9-18(31)29-23)27-22-26-10-14-20(28-22)33-11-30(21(14)32)19-16(24)4-3-5-17(19)25/h3-8,10H,9,11H2,1-2H3,(H,29,31)(H,26,27,28). The number of nitrogens with one attached hydrogen (secondary N) is 2. The van der Waals surface area contributed by atoms with Crippen molar-refractivity contribution in [1.82, 2.24) is 15.3 Å². The molecule has 3 aromatic rings. The third-order valence-electron chi connectivity index (χ3n) is 5.60. The Bertz CT molecular complexity index is 1290. The Labute approximate surface area is 199 Å². The maximum atomic E-state index is 13.0. The molecular formula is C23H19Cl2N5O3. The molecule has 0 saturated carbocycles. The normalized spacial score (nSPS) is 16.4. The number of carbonyl (C=O) groups is 2. The van der Waals surface area contributed by atoms with E-state index in [1.165, 1.54) is 11.1 Å². The lowest BCUT2D eigenvalue weighted by Crippen LogP contribution is -2.46. The molecule has 2 amide bonds. The number of anilines is 3. The van der Waals surface area contributed by atoms with Gasteiger partial charge in [0, 0.05) is 11.9 Å². The monoisotopic (exact) mass is 483 g/mol. The summed E-state index contributed by atoms with van der Waals surface area (Å²) in [7, 11) is 0. The van der Waals surface area contributed by atoms with Crippen LogP contribution in [-0.4, -0.2) is 28.5 Å². The zero-order chi connectivity index (χ0) is 23.3. The third-order valence-corrected chi connectivity index (χ3v) is 6.21. The summed E-state index contributed by atoms with van der Waals surface area (Å²) in [5.41, 5.74) is 2.87. The highest BCUT2D eigenvalue weighted by Gasteiger charge is 2.32. The molecule has 0 bridgehead atoms. The number of hydrogen-bond donors (Lipinski definition) is 2. The van der Waals surface area contributed by atoms with Gasteiger partial charge in [-0.3, -0.25) is 14.5 Å². The fraction of sp³-hybridized carbons (Fsp3) is 0.217. The molecule has 0 atom stereocenters. The van der Waals surface area contributed by atoms with Gasteiger partial charge in [-0.1, -0.05) is 35.3 Å². The number of para-hydroxylation sites is 1. The first-order valence-corrected chi connectivity index (χ1v) is 11.0. The average Bonchev–Trinajstić information content (AvgIpc) is 2.74. The molecule has 5 rings (SSSR count). The molecule has 2 aliphatic rings. The predicted molar refractivity (Wildman–Crippen MR) is 125 cm³/mol. The molecule has 3 heterocycles. The van der Waals surface area contributed by atoms with Crippen molar-refractivity contribution >= 4 is 52.3 Å². The lowest BCUT2D eigenvalue weighted by molar-refractivity contribution is -0.122. The second-order valence-electron chi connectivity index (χ2n) is 8.34. The molecule has 2 N–H and O–H groups in total. The van der Waals surface area contributed by atoms with Crippen molar-refractivity contribution in [3.8, 4) is 5.88 Å². The quantitative estimate of drug-likeness (QED) is 0.571. The number of ether oxygens (including phenoxy) is 1. The van der Waals surface area contributed by atoms with Gasteiger partial charge in [-0.15, -0.1) is 0 Å². The van der Waals surface area contributed by atoms with Crippen molar-refractivity contribution in [1.29, 1.82) is 0 Å². The second kappa shape index (κ2) is 7.90. The number of benzene rings is 2. The molecule has 0 fully saturated rings. The summed E-state index contributed by atoms with van der Waals surface area (Å²) < 4.78 is 5.72. The topological polar surface area (TPSA) is 96.4 Å². The van der Waals surface area contributed by atoms with E-state index in [9.17, 15) is 9.59 Å². The van der Waals surface area contributed by atoms with Crippen LogP contribution < -0.4 is 20.3 Å². The largest absolute Gasteiger partial charge is 0.455 e. The first-order valence-electron chi connectivity index (χ1n) is 10.2. The molecule has 0 radical (unpaired) electrons. The van der Waals surface area contributed by atoms with Gasteiger partial charge >= 0.3 is 0 Å². The summed E-state index contributed by atoms with van der Waals surface area (Å²) in [5, 5.41) is 6.79. The Kier molecular flexibility index (Phi) is 5.14. The van der Waals surface area contributed by atoms with Gasteiger partial charge in [-0.25, -0.2) is 4.98 Å². The van der Waals surface area contributed by atoms with E-state index >= 15 is 0 Å². The van der Waals surface area contributed by atoms with E-state index in [0.29, 0.717) is 22.2 Å². The molecule has 33 heavy (non-hydrogen) atoms. The molecule has 8 nitrogen and oxygen atoms in total. The minimum Gasteiger partial charge on any atom is -0.455 e. The van der Waals surface area contributed by atoms with Crippen LogP contribution in [0.4, 0.5) is 17.3 Å². The van der Waals surface area contributed by atoms with Crippen LogP contribution in [0.3, 0.4) is 0 Å². The van der Waals surface area contributed by atoms with Gasteiger partial charge in [0.15, 0.2) is 6.73 Å². The predicted octanol–water partition coefficient (Wildman–Crippen LogP) is 4.43. The molecule has 1 aromatic heterocycles. The number of carbonyl (C=O) groups excluding carboxylic acids is 2. The van der Waals surface area contributed by atoms with Crippen LogP contribution in [0, 0.1) is 0 Å². The third kappa shape index (κ3) is 3.85. The van der Waals surface area contributed by atoms with E-state index in [1.807, 2.05) is 32.0 Å². The number of aromatic nitrogens is 2. The maximum Gasteiger partial charge on any atom is 0.268 e. The smallest absolute Gasteiger partial charge is 0.268 e.